The van der Waals surface area contributed by atoms with E-state index in [9.17, 15) is 15.3 Å². The smallest absolute Gasteiger partial charge is 0.120 e. The summed E-state index contributed by atoms with van der Waals surface area (Å²) < 4.78 is 0. The van der Waals surface area contributed by atoms with Crippen LogP contribution in [-0.4, -0.2) is 63.8 Å². The predicted molar refractivity (Wildman–Crippen MR) is 88.8 cm³/mol. The van der Waals surface area contributed by atoms with Gasteiger partial charge in [-0.2, -0.15) is 0 Å². The van der Waals surface area contributed by atoms with Crippen molar-refractivity contribution in [2.24, 2.45) is 4.99 Å². The monoisotopic (exact) mass is 316 g/mol. The van der Waals surface area contributed by atoms with Gasteiger partial charge in [0.1, 0.15) is 12.2 Å². The highest BCUT2D eigenvalue weighted by atomic mass is 16.3. The molecule has 0 saturated heterocycles. The molecule has 0 aromatic rings. The maximum atomic E-state index is 9.68. The second kappa shape index (κ2) is 13.8. The number of aliphatic hydroxyl groups excluding tert-OH is 4. The van der Waals surface area contributed by atoms with Gasteiger partial charge in [-0.15, -0.1) is 0 Å². The fourth-order valence-corrected chi connectivity index (χ4v) is 2.07. The van der Waals surface area contributed by atoms with Crippen LogP contribution < -0.4 is 0 Å². The number of aliphatic imine (C=N–C) groups is 1. The highest BCUT2D eigenvalue weighted by Gasteiger charge is 2.24. The lowest BCUT2D eigenvalue weighted by molar-refractivity contribution is 0.0526. The van der Waals surface area contributed by atoms with Crippen LogP contribution in [0.3, 0.4) is 0 Å². The molecule has 0 fully saturated rings. The van der Waals surface area contributed by atoms with Gasteiger partial charge in [0.2, 0.25) is 0 Å². The third-order valence-electron chi connectivity index (χ3n) is 3.58. The van der Waals surface area contributed by atoms with Crippen LogP contribution in [0.2, 0.25) is 0 Å². The molecule has 0 spiro atoms. The van der Waals surface area contributed by atoms with Crippen molar-refractivity contribution in [2.45, 2.75) is 76.6 Å². The fraction of sp³-hybridized carbons (Fsp3) is 0.875. The van der Waals surface area contributed by atoms with Crippen LogP contribution >= 0.6 is 0 Å². The van der Waals surface area contributed by atoms with E-state index in [1.165, 1.54) is 32.1 Å². The Morgan fingerprint density at radius 3 is 2.23 bits per heavy atom. The molecule has 0 radical (unpaired) electrons. The summed E-state index contributed by atoms with van der Waals surface area (Å²) in [4.78, 5) is 4.17. The van der Waals surface area contributed by atoms with Gasteiger partial charge in [-0.05, 0) is 6.42 Å². The lowest BCUT2D eigenvalue weighted by atomic mass is 10.0. The molecule has 0 aromatic carbocycles. The van der Waals surface area contributed by atoms with Crippen LogP contribution in [0, 0.1) is 5.41 Å². The Hall–Kier alpha value is -0.820. The van der Waals surface area contributed by atoms with E-state index in [1.807, 2.05) is 0 Å². The molecule has 1 unspecified atom stereocenters. The zero-order valence-electron chi connectivity index (χ0n) is 13.6. The van der Waals surface area contributed by atoms with Crippen molar-refractivity contribution in [1.29, 1.82) is 5.41 Å². The van der Waals surface area contributed by atoms with Crippen LogP contribution in [0.15, 0.2) is 4.99 Å². The average Bonchev–Trinajstić information content (AvgIpc) is 2.54. The Morgan fingerprint density at radius 2 is 1.64 bits per heavy atom. The Morgan fingerprint density at radius 1 is 1.05 bits per heavy atom. The molecular weight excluding hydrogens is 284 g/mol. The highest BCUT2D eigenvalue weighted by molar-refractivity contribution is 5.90. The summed E-state index contributed by atoms with van der Waals surface area (Å²) >= 11 is 0. The summed E-state index contributed by atoms with van der Waals surface area (Å²) in [6.45, 7) is 2.26. The van der Waals surface area contributed by atoms with Gasteiger partial charge < -0.3 is 25.8 Å². The largest absolute Gasteiger partial charge is 0.393 e. The first-order valence-corrected chi connectivity index (χ1v) is 8.26. The molecular formula is C16H32N2O4. The molecule has 0 aliphatic rings. The standard InChI is InChI=1S/C16H32N2O4/c1-2-3-4-5-6-7-8-10-18-11-9-13(20)16(22)15(17)14(21)12-19/h11,13-14,16-17,19-22H,2-10,12H2,1H3/t13-,14+,16?/m0/s1. The topological polar surface area (TPSA) is 117 Å². The van der Waals surface area contributed by atoms with Gasteiger partial charge in [0.25, 0.3) is 0 Å². The van der Waals surface area contributed by atoms with E-state index in [1.54, 1.807) is 6.21 Å². The van der Waals surface area contributed by atoms with Crippen LogP contribution in [0.5, 0.6) is 0 Å². The summed E-state index contributed by atoms with van der Waals surface area (Å²) in [5, 5.41) is 44.6. The Labute approximate surface area is 133 Å². The molecule has 0 amide bonds. The quantitative estimate of drug-likeness (QED) is 0.245. The van der Waals surface area contributed by atoms with Gasteiger partial charge in [-0.3, -0.25) is 4.99 Å². The molecule has 6 heteroatoms. The molecule has 0 rings (SSSR count). The maximum absolute atomic E-state index is 9.68. The predicted octanol–water partition coefficient (Wildman–Crippen LogP) is 1.29. The van der Waals surface area contributed by atoms with Crippen molar-refractivity contribution >= 4 is 11.9 Å². The van der Waals surface area contributed by atoms with Crippen molar-refractivity contribution in [3.8, 4) is 0 Å². The van der Waals surface area contributed by atoms with Crippen molar-refractivity contribution in [3.63, 3.8) is 0 Å². The lowest BCUT2D eigenvalue weighted by Crippen LogP contribution is -2.41. The molecule has 3 atom stereocenters. The molecule has 6 nitrogen and oxygen atoms in total. The number of unbranched alkanes of at least 4 members (excludes halogenated alkanes) is 6. The van der Waals surface area contributed by atoms with Crippen LogP contribution in [0.25, 0.3) is 0 Å². The minimum atomic E-state index is -1.48. The Bertz CT molecular complexity index is 311. The van der Waals surface area contributed by atoms with E-state index in [2.05, 4.69) is 11.9 Å². The van der Waals surface area contributed by atoms with Crippen molar-refractivity contribution < 1.29 is 20.4 Å². The van der Waals surface area contributed by atoms with Crippen molar-refractivity contribution in [2.75, 3.05) is 13.2 Å². The van der Waals surface area contributed by atoms with Gasteiger partial charge in [-0.25, -0.2) is 0 Å². The van der Waals surface area contributed by atoms with Gasteiger partial charge >= 0.3 is 0 Å². The third-order valence-corrected chi connectivity index (χ3v) is 3.58. The van der Waals surface area contributed by atoms with Crippen LogP contribution in [-0.2, 0) is 0 Å². The summed E-state index contributed by atoms with van der Waals surface area (Å²) in [5.41, 5.74) is -0.476. The fourth-order valence-electron chi connectivity index (χ4n) is 2.07. The molecule has 5 N–H and O–H groups in total. The normalized spacial score (nSPS) is 15.9. The highest BCUT2D eigenvalue weighted by Crippen LogP contribution is 2.07. The van der Waals surface area contributed by atoms with E-state index in [-0.39, 0.29) is 6.42 Å². The molecule has 22 heavy (non-hydrogen) atoms. The zero-order valence-corrected chi connectivity index (χ0v) is 13.6. The van der Waals surface area contributed by atoms with E-state index in [0.29, 0.717) is 6.54 Å². The Kier molecular flexibility index (Phi) is 13.3. The first kappa shape index (κ1) is 21.2. The van der Waals surface area contributed by atoms with Crippen LogP contribution in [0.1, 0.15) is 58.3 Å². The van der Waals surface area contributed by atoms with Crippen LogP contribution in [0.4, 0.5) is 0 Å². The zero-order chi connectivity index (χ0) is 16.8. The summed E-state index contributed by atoms with van der Waals surface area (Å²) in [5.74, 6) is 0. The second-order valence-corrected chi connectivity index (χ2v) is 5.61. The van der Waals surface area contributed by atoms with Gasteiger partial charge in [0.15, 0.2) is 0 Å². The SMILES string of the molecule is CCCCCCCCCN=CC[C@H](O)C(O)C(=N)[C@H](O)CO. The maximum Gasteiger partial charge on any atom is 0.120 e. The first-order valence-electron chi connectivity index (χ1n) is 8.26. The van der Waals surface area contributed by atoms with Crippen molar-refractivity contribution in [3.05, 3.63) is 0 Å². The summed E-state index contributed by atoms with van der Waals surface area (Å²) in [7, 11) is 0. The molecule has 0 aliphatic heterocycles. The second-order valence-electron chi connectivity index (χ2n) is 5.61. The molecule has 0 bridgehead atoms. The number of aliphatic hydroxyl groups is 4. The minimum Gasteiger partial charge on any atom is -0.393 e. The minimum absolute atomic E-state index is 0.123. The van der Waals surface area contributed by atoms with Gasteiger partial charge in [0, 0.05) is 19.2 Å². The molecule has 0 heterocycles. The number of hydrogen-bond donors (Lipinski definition) is 5. The summed E-state index contributed by atoms with van der Waals surface area (Å²) in [6.07, 6.45) is 6.10. The molecule has 0 saturated carbocycles. The van der Waals surface area contributed by atoms with Crippen molar-refractivity contribution in [1.82, 2.24) is 0 Å². The molecule has 130 valence electrons. The number of nitrogens with zero attached hydrogens (tertiary/aromatic N) is 1. The summed E-state index contributed by atoms with van der Waals surface area (Å²) in [6, 6.07) is 0. The molecule has 0 aliphatic carbocycles. The van der Waals surface area contributed by atoms with Gasteiger partial charge in [0.05, 0.1) is 18.4 Å². The van der Waals surface area contributed by atoms with E-state index >= 15 is 0 Å². The average molecular weight is 316 g/mol. The third kappa shape index (κ3) is 10.00. The Balaban J connectivity index is 3.69. The van der Waals surface area contributed by atoms with E-state index in [4.69, 9.17) is 10.5 Å². The van der Waals surface area contributed by atoms with E-state index in [0.717, 1.165) is 12.8 Å². The number of nitrogens with one attached hydrogen (secondary N) is 1. The van der Waals surface area contributed by atoms with E-state index < -0.39 is 30.6 Å². The number of hydrogen-bond acceptors (Lipinski definition) is 6. The lowest BCUT2D eigenvalue weighted by Gasteiger charge is -2.19. The first-order chi connectivity index (χ1) is 10.5. The molecule has 0 aromatic heterocycles. The number of rotatable bonds is 14. The van der Waals surface area contributed by atoms with Gasteiger partial charge in [-0.1, -0.05) is 45.4 Å².